The average molecular weight is 612 g/mol. The summed E-state index contributed by atoms with van der Waals surface area (Å²) in [5.74, 6) is -0.422. The highest BCUT2D eigenvalue weighted by atomic mass is 35.5. The number of rotatable bonds is 15. The van der Waals surface area contributed by atoms with E-state index in [0.717, 1.165) is 35.1 Å². The Bertz CT molecular complexity index is 1430. The number of benzene rings is 3. The number of nitrogens with one attached hydrogen (secondary N) is 1. The number of carbonyl (C=O) groups is 2. The van der Waals surface area contributed by atoms with E-state index >= 15 is 0 Å². The number of hydrogen-bond acceptors (Lipinski definition) is 4. The molecule has 2 amide bonds. The van der Waals surface area contributed by atoms with Crippen molar-refractivity contribution in [3.63, 3.8) is 0 Å². The van der Waals surface area contributed by atoms with Crippen LogP contribution in [0.15, 0.2) is 72.8 Å². The van der Waals surface area contributed by atoms with Crippen LogP contribution >= 0.6 is 11.6 Å². The third-order valence-corrected chi connectivity index (χ3v) is 8.80. The van der Waals surface area contributed by atoms with Crippen LogP contribution in [0.1, 0.15) is 54.9 Å². The summed E-state index contributed by atoms with van der Waals surface area (Å²) in [7, 11) is -3.58. The van der Waals surface area contributed by atoms with E-state index in [2.05, 4.69) is 12.2 Å². The van der Waals surface area contributed by atoms with Crippen molar-refractivity contribution < 1.29 is 18.0 Å². The minimum Gasteiger partial charge on any atom is -0.354 e. The van der Waals surface area contributed by atoms with Crippen molar-refractivity contribution >= 4 is 39.1 Å². The van der Waals surface area contributed by atoms with Gasteiger partial charge in [0.05, 0.1) is 11.9 Å². The molecule has 0 bridgehead atoms. The van der Waals surface area contributed by atoms with Crippen molar-refractivity contribution in [1.82, 2.24) is 10.2 Å². The second-order valence-corrected chi connectivity index (χ2v) is 13.0. The van der Waals surface area contributed by atoms with Gasteiger partial charge >= 0.3 is 0 Å². The maximum absolute atomic E-state index is 13.9. The topological polar surface area (TPSA) is 86.8 Å². The monoisotopic (exact) mass is 611 g/mol. The molecule has 0 saturated carbocycles. The predicted octanol–water partition coefficient (Wildman–Crippen LogP) is 6.06. The fraction of sp³-hybridized carbons (Fsp3) is 0.394. The molecule has 1 atom stereocenters. The number of hydrogen-bond donors (Lipinski definition) is 1. The van der Waals surface area contributed by atoms with Gasteiger partial charge in [-0.05, 0) is 67.1 Å². The van der Waals surface area contributed by atoms with Crippen LogP contribution < -0.4 is 9.62 Å². The number of amides is 2. The Morgan fingerprint density at radius 2 is 1.60 bits per heavy atom. The fourth-order valence-electron chi connectivity index (χ4n) is 4.83. The first kappa shape index (κ1) is 33.1. The summed E-state index contributed by atoms with van der Waals surface area (Å²) < 4.78 is 26.9. The molecule has 226 valence electrons. The minimum absolute atomic E-state index is 0.0814. The van der Waals surface area contributed by atoms with Crippen LogP contribution in [0, 0.1) is 13.8 Å². The van der Waals surface area contributed by atoms with Gasteiger partial charge in [0.2, 0.25) is 21.8 Å². The van der Waals surface area contributed by atoms with Crippen LogP contribution in [0.25, 0.3) is 0 Å². The van der Waals surface area contributed by atoms with Gasteiger partial charge in [0.15, 0.2) is 0 Å². The maximum atomic E-state index is 13.9. The molecule has 1 N–H and O–H groups in total. The third kappa shape index (κ3) is 9.60. The second kappa shape index (κ2) is 15.8. The van der Waals surface area contributed by atoms with Crippen LogP contribution in [0.4, 0.5) is 5.69 Å². The van der Waals surface area contributed by atoms with E-state index in [1.165, 1.54) is 10.6 Å². The molecule has 0 radical (unpaired) electrons. The van der Waals surface area contributed by atoms with Crippen LogP contribution in [-0.2, 0) is 32.6 Å². The zero-order chi connectivity index (χ0) is 30.7. The summed E-state index contributed by atoms with van der Waals surface area (Å²) in [6.45, 7) is 6.80. The van der Waals surface area contributed by atoms with E-state index in [1.807, 2.05) is 68.4 Å². The standard InChI is InChI=1S/C33H42ClN3O4S/c1-5-6-21-35-33(39)31(23-27-13-8-7-9-14-27)36(24-28-17-19-29(34)20-18-28)32(38)16-11-22-37(42(4,40)41)30-15-10-12-25(2)26(30)3/h7-10,12-15,17-20,31H,5-6,11,16,21-24H2,1-4H3,(H,35,39). The van der Waals surface area contributed by atoms with Crippen molar-refractivity contribution in [2.75, 3.05) is 23.7 Å². The van der Waals surface area contributed by atoms with Crippen LogP contribution in [0.2, 0.25) is 5.02 Å². The van der Waals surface area contributed by atoms with Crippen LogP contribution in [-0.4, -0.2) is 50.5 Å². The lowest BCUT2D eigenvalue weighted by molar-refractivity contribution is -0.141. The van der Waals surface area contributed by atoms with Gasteiger partial charge in [-0.25, -0.2) is 8.42 Å². The molecule has 3 aromatic rings. The zero-order valence-corrected chi connectivity index (χ0v) is 26.5. The lowest BCUT2D eigenvalue weighted by Gasteiger charge is -2.32. The molecule has 9 heteroatoms. The molecule has 42 heavy (non-hydrogen) atoms. The molecule has 0 aliphatic heterocycles. The van der Waals surface area contributed by atoms with Gasteiger partial charge in [-0.3, -0.25) is 13.9 Å². The normalized spacial score (nSPS) is 12.0. The molecule has 0 aliphatic rings. The first-order chi connectivity index (χ1) is 20.0. The molecule has 0 spiro atoms. The van der Waals surface area contributed by atoms with Gasteiger partial charge in [0.25, 0.3) is 0 Å². The van der Waals surface area contributed by atoms with Crippen molar-refractivity contribution in [2.24, 2.45) is 0 Å². The van der Waals surface area contributed by atoms with Gasteiger partial charge in [-0.15, -0.1) is 0 Å². The van der Waals surface area contributed by atoms with E-state index in [0.29, 0.717) is 30.1 Å². The zero-order valence-electron chi connectivity index (χ0n) is 25.0. The number of halogens is 1. The van der Waals surface area contributed by atoms with Gasteiger partial charge in [-0.1, -0.05) is 79.5 Å². The number of sulfonamides is 1. The summed E-state index contributed by atoms with van der Waals surface area (Å²) in [5.41, 5.74) is 4.27. The first-order valence-electron chi connectivity index (χ1n) is 14.4. The minimum atomic E-state index is -3.58. The van der Waals surface area contributed by atoms with Crippen molar-refractivity contribution in [3.8, 4) is 0 Å². The number of nitrogens with zero attached hydrogens (tertiary/aromatic N) is 2. The Labute approximate surface area is 255 Å². The molecular weight excluding hydrogens is 570 g/mol. The molecule has 3 aromatic carbocycles. The number of unbranched alkanes of at least 4 members (excludes halogenated alkanes) is 1. The molecular formula is C33H42ClN3O4S. The first-order valence-corrected chi connectivity index (χ1v) is 16.6. The molecule has 0 aliphatic carbocycles. The summed E-state index contributed by atoms with van der Waals surface area (Å²) in [6, 6.07) is 21.7. The lowest BCUT2D eigenvalue weighted by atomic mass is 10.0. The van der Waals surface area contributed by atoms with E-state index in [1.54, 1.807) is 23.1 Å². The fourth-order valence-corrected chi connectivity index (χ4v) is 5.98. The van der Waals surface area contributed by atoms with Gasteiger partial charge in [0.1, 0.15) is 6.04 Å². The van der Waals surface area contributed by atoms with Gasteiger partial charge in [0, 0.05) is 37.5 Å². The molecule has 0 heterocycles. The van der Waals surface area contributed by atoms with Crippen LogP contribution in [0.5, 0.6) is 0 Å². The van der Waals surface area contributed by atoms with Gasteiger partial charge < -0.3 is 10.2 Å². The lowest BCUT2D eigenvalue weighted by Crippen LogP contribution is -2.50. The Morgan fingerprint density at radius 1 is 0.905 bits per heavy atom. The van der Waals surface area contributed by atoms with Crippen LogP contribution in [0.3, 0.4) is 0 Å². The van der Waals surface area contributed by atoms with Crippen molar-refractivity contribution in [1.29, 1.82) is 0 Å². The van der Waals surface area contributed by atoms with Crippen molar-refractivity contribution in [3.05, 3.63) is 100 Å². The van der Waals surface area contributed by atoms with E-state index in [9.17, 15) is 18.0 Å². The maximum Gasteiger partial charge on any atom is 0.243 e. The third-order valence-electron chi connectivity index (χ3n) is 7.36. The number of aryl methyl sites for hydroxylation is 1. The molecule has 0 fully saturated rings. The Balaban J connectivity index is 1.88. The second-order valence-electron chi connectivity index (χ2n) is 10.7. The Morgan fingerprint density at radius 3 is 2.24 bits per heavy atom. The highest BCUT2D eigenvalue weighted by Crippen LogP contribution is 2.26. The predicted molar refractivity (Wildman–Crippen MR) is 171 cm³/mol. The molecule has 1 unspecified atom stereocenters. The molecule has 0 saturated heterocycles. The Hall–Kier alpha value is -3.36. The molecule has 3 rings (SSSR count). The largest absolute Gasteiger partial charge is 0.354 e. The highest BCUT2D eigenvalue weighted by Gasteiger charge is 2.30. The number of anilines is 1. The van der Waals surface area contributed by atoms with Crippen molar-refractivity contribution in [2.45, 2.75) is 65.5 Å². The average Bonchev–Trinajstić information content (AvgIpc) is 2.95. The summed E-state index contributed by atoms with van der Waals surface area (Å²) in [4.78, 5) is 29.1. The van der Waals surface area contributed by atoms with E-state index < -0.39 is 16.1 Å². The van der Waals surface area contributed by atoms with E-state index in [4.69, 9.17) is 11.6 Å². The summed E-state index contributed by atoms with van der Waals surface area (Å²) in [5, 5.41) is 3.61. The van der Waals surface area contributed by atoms with Gasteiger partial charge in [-0.2, -0.15) is 0 Å². The smallest absolute Gasteiger partial charge is 0.243 e. The summed E-state index contributed by atoms with van der Waals surface area (Å²) in [6.07, 6.45) is 3.70. The molecule has 0 aromatic heterocycles. The quantitative estimate of drug-likeness (QED) is 0.212. The highest BCUT2D eigenvalue weighted by molar-refractivity contribution is 7.92. The number of carbonyl (C=O) groups excluding carboxylic acids is 2. The van der Waals surface area contributed by atoms with E-state index in [-0.39, 0.29) is 31.3 Å². The summed E-state index contributed by atoms with van der Waals surface area (Å²) >= 11 is 6.11. The molecule has 7 nitrogen and oxygen atoms in total. The SMILES string of the molecule is CCCCNC(=O)C(Cc1ccccc1)N(Cc1ccc(Cl)cc1)C(=O)CCCN(c1cccc(C)c1C)S(C)(=O)=O. The Kier molecular flexibility index (Phi) is 12.4.